The van der Waals surface area contributed by atoms with E-state index >= 15 is 0 Å². The third-order valence-electron chi connectivity index (χ3n) is 2.74. The van der Waals surface area contributed by atoms with Gasteiger partial charge in [-0.15, -0.1) is 11.3 Å². The zero-order chi connectivity index (χ0) is 11.0. The highest BCUT2D eigenvalue weighted by atomic mass is 32.1. The van der Waals surface area contributed by atoms with Crippen molar-refractivity contribution in [2.75, 3.05) is 0 Å². The van der Waals surface area contributed by atoms with E-state index < -0.39 is 0 Å². The van der Waals surface area contributed by atoms with Crippen molar-refractivity contribution in [1.82, 2.24) is 0 Å². The number of rotatable bonds is 2. The highest BCUT2D eigenvalue weighted by molar-refractivity contribution is 7.09. The molecule has 1 aliphatic rings. The van der Waals surface area contributed by atoms with Gasteiger partial charge in [0.2, 0.25) is 0 Å². The van der Waals surface area contributed by atoms with Crippen molar-refractivity contribution >= 4 is 17.3 Å². The van der Waals surface area contributed by atoms with Gasteiger partial charge < -0.3 is 4.74 Å². The number of benzene rings is 1. The topological polar surface area (TPSA) is 26.3 Å². The summed E-state index contributed by atoms with van der Waals surface area (Å²) in [7, 11) is 0. The molecular weight excluding hydrogens is 220 g/mol. The molecule has 2 aromatic rings. The highest BCUT2D eigenvalue weighted by Crippen LogP contribution is 2.33. The summed E-state index contributed by atoms with van der Waals surface area (Å²) < 4.78 is 5.37. The summed E-state index contributed by atoms with van der Waals surface area (Å²) in [6.45, 7) is 0. The van der Waals surface area contributed by atoms with Gasteiger partial charge in [-0.05, 0) is 17.5 Å². The lowest BCUT2D eigenvalue weighted by molar-refractivity contribution is 0.0388. The molecule has 0 spiro atoms. The minimum Gasteiger partial charge on any atom is -0.453 e. The second-order valence-electron chi connectivity index (χ2n) is 3.76. The number of hydrogen-bond acceptors (Lipinski definition) is 3. The zero-order valence-corrected chi connectivity index (χ0v) is 9.37. The molecule has 0 unspecified atom stereocenters. The van der Waals surface area contributed by atoms with Crippen LogP contribution in [-0.4, -0.2) is 5.97 Å². The smallest absolute Gasteiger partial charge is 0.339 e. The van der Waals surface area contributed by atoms with Crippen LogP contribution in [0.2, 0.25) is 0 Å². The second kappa shape index (κ2) is 3.76. The first kappa shape index (κ1) is 9.60. The molecule has 0 amide bonds. The lowest BCUT2D eigenvalue weighted by Gasteiger charge is -2.08. The summed E-state index contributed by atoms with van der Waals surface area (Å²) >= 11 is 1.69. The predicted molar refractivity (Wildman–Crippen MR) is 62.6 cm³/mol. The SMILES string of the molecule is O=C1O[C@H](Cc2cccs2)c2ccccc21. The van der Waals surface area contributed by atoms with Crippen LogP contribution in [-0.2, 0) is 11.2 Å². The molecule has 0 fully saturated rings. The summed E-state index contributed by atoms with van der Waals surface area (Å²) in [5, 5.41) is 2.04. The Morgan fingerprint density at radius 1 is 1.19 bits per heavy atom. The number of thiophene rings is 1. The van der Waals surface area contributed by atoms with Crippen LogP contribution < -0.4 is 0 Å². The molecule has 1 aliphatic heterocycles. The number of hydrogen-bond donors (Lipinski definition) is 0. The molecule has 0 N–H and O–H groups in total. The van der Waals surface area contributed by atoms with Crippen LogP contribution in [0, 0.1) is 0 Å². The lowest BCUT2D eigenvalue weighted by Crippen LogP contribution is -2.01. The Balaban J connectivity index is 1.92. The average Bonchev–Trinajstić information content (AvgIpc) is 2.90. The fraction of sp³-hybridized carbons (Fsp3) is 0.154. The van der Waals surface area contributed by atoms with E-state index in [2.05, 4.69) is 6.07 Å². The monoisotopic (exact) mass is 230 g/mol. The maximum atomic E-state index is 11.6. The number of ether oxygens (including phenoxy) is 1. The molecule has 0 radical (unpaired) electrons. The van der Waals surface area contributed by atoms with Gasteiger partial charge in [0.25, 0.3) is 0 Å². The molecule has 3 heteroatoms. The number of cyclic esters (lactones) is 1. The van der Waals surface area contributed by atoms with Crippen molar-refractivity contribution in [3.05, 3.63) is 57.8 Å². The number of carbonyl (C=O) groups excluding carboxylic acids is 1. The van der Waals surface area contributed by atoms with Crippen LogP contribution in [0.5, 0.6) is 0 Å². The molecule has 1 aromatic heterocycles. The fourth-order valence-corrected chi connectivity index (χ4v) is 2.72. The first-order valence-electron chi connectivity index (χ1n) is 5.17. The molecule has 1 aromatic carbocycles. The normalized spacial score (nSPS) is 18.2. The van der Waals surface area contributed by atoms with E-state index in [0.29, 0.717) is 5.56 Å². The Hall–Kier alpha value is -1.61. The third-order valence-corrected chi connectivity index (χ3v) is 3.64. The maximum absolute atomic E-state index is 11.6. The number of esters is 1. The van der Waals surface area contributed by atoms with E-state index in [1.165, 1.54) is 4.88 Å². The molecule has 16 heavy (non-hydrogen) atoms. The van der Waals surface area contributed by atoms with Gasteiger partial charge in [-0.1, -0.05) is 24.3 Å². The second-order valence-corrected chi connectivity index (χ2v) is 4.80. The van der Waals surface area contributed by atoms with Gasteiger partial charge in [-0.3, -0.25) is 0 Å². The number of fused-ring (bicyclic) bond motifs is 1. The standard InChI is InChI=1S/C13H10O2S/c14-13-11-6-2-1-5-10(11)12(15-13)8-9-4-3-7-16-9/h1-7,12H,8H2/t12-/m1/s1. The Morgan fingerprint density at radius 2 is 2.06 bits per heavy atom. The quantitative estimate of drug-likeness (QED) is 0.740. The predicted octanol–water partition coefficient (Wildman–Crippen LogP) is 3.20. The van der Waals surface area contributed by atoms with Crippen molar-refractivity contribution < 1.29 is 9.53 Å². The summed E-state index contributed by atoms with van der Waals surface area (Å²) in [6.07, 6.45) is 0.669. The summed E-state index contributed by atoms with van der Waals surface area (Å²) in [6, 6.07) is 11.7. The van der Waals surface area contributed by atoms with E-state index in [4.69, 9.17) is 4.74 Å². The zero-order valence-electron chi connectivity index (χ0n) is 8.55. The molecule has 0 aliphatic carbocycles. The number of carbonyl (C=O) groups is 1. The molecule has 0 saturated carbocycles. The summed E-state index contributed by atoms with van der Waals surface area (Å²) in [4.78, 5) is 12.8. The Bertz CT molecular complexity index is 516. The van der Waals surface area contributed by atoms with Gasteiger partial charge in [0.05, 0.1) is 5.56 Å². The lowest BCUT2D eigenvalue weighted by atomic mass is 10.0. The van der Waals surface area contributed by atoms with Crippen LogP contribution in [0.25, 0.3) is 0 Å². The minimum atomic E-state index is -0.197. The molecule has 3 rings (SSSR count). The van der Waals surface area contributed by atoms with Crippen molar-refractivity contribution in [3.63, 3.8) is 0 Å². The van der Waals surface area contributed by atoms with E-state index in [9.17, 15) is 4.79 Å². The van der Waals surface area contributed by atoms with Gasteiger partial charge in [0.1, 0.15) is 6.10 Å². The molecule has 0 bridgehead atoms. The first-order chi connectivity index (χ1) is 7.84. The molecule has 80 valence electrons. The van der Waals surface area contributed by atoms with Crippen molar-refractivity contribution in [3.8, 4) is 0 Å². The van der Waals surface area contributed by atoms with E-state index in [1.807, 2.05) is 35.7 Å². The van der Waals surface area contributed by atoms with E-state index in [0.717, 1.165) is 12.0 Å². The summed E-state index contributed by atoms with van der Waals surface area (Å²) in [5.74, 6) is -0.197. The maximum Gasteiger partial charge on any atom is 0.339 e. The Labute approximate surface area is 97.5 Å². The van der Waals surface area contributed by atoms with Crippen LogP contribution in [0.4, 0.5) is 0 Å². The van der Waals surface area contributed by atoms with Crippen molar-refractivity contribution in [2.45, 2.75) is 12.5 Å². The molecule has 1 atom stereocenters. The van der Waals surface area contributed by atoms with Gasteiger partial charge in [0.15, 0.2) is 0 Å². The van der Waals surface area contributed by atoms with E-state index in [-0.39, 0.29) is 12.1 Å². The van der Waals surface area contributed by atoms with Gasteiger partial charge in [-0.25, -0.2) is 4.79 Å². The van der Waals surface area contributed by atoms with Crippen LogP contribution in [0.1, 0.15) is 26.9 Å². The van der Waals surface area contributed by atoms with Crippen LogP contribution in [0.3, 0.4) is 0 Å². The van der Waals surface area contributed by atoms with Crippen molar-refractivity contribution in [2.24, 2.45) is 0 Å². The molecule has 0 saturated heterocycles. The third kappa shape index (κ3) is 1.53. The van der Waals surface area contributed by atoms with Gasteiger partial charge >= 0.3 is 5.97 Å². The first-order valence-corrected chi connectivity index (χ1v) is 6.05. The van der Waals surface area contributed by atoms with Crippen LogP contribution >= 0.6 is 11.3 Å². The fourth-order valence-electron chi connectivity index (χ4n) is 1.98. The highest BCUT2D eigenvalue weighted by Gasteiger charge is 2.30. The van der Waals surface area contributed by atoms with Crippen LogP contribution in [0.15, 0.2) is 41.8 Å². The molecular formula is C13H10O2S. The van der Waals surface area contributed by atoms with Gasteiger partial charge in [0, 0.05) is 16.9 Å². The molecule has 2 nitrogen and oxygen atoms in total. The summed E-state index contributed by atoms with van der Waals surface area (Å²) in [5.41, 5.74) is 1.73. The largest absolute Gasteiger partial charge is 0.453 e. The average molecular weight is 230 g/mol. The Kier molecular flexibility index (Phi) is 2.26. The van der Waals surface area contributed by atoms with Crippen molar-refractivity contribution in [1.29, 1.82) is 0 Å². The Morgan fingerprint density at radius 3 is 2.88 bits per heavy atom. The van der Waals surface area contributed by atoms with E-state index in [1.54, 1.807) is 11.3 Å². The van der Waals surface area contributed by atoms with Gasteiger partial charge in [-0.2, -0.15) is 0 Å². The minimum absolute atomic E-state index is 0.109. The molecule has 2 heterocycles.